The first-order valence-electron chi connectivity index (χ1n) is 4.65. The number of pyridine rings is 1. The van der Waals surface area contributed by atoms with Gasteiger partial charge in [-0.2, -0.15) is 4.80 Å². The number of hydrogen-bond acceptors (Lipinski definition) is 5. The van der Waals surface area contributed by atoms with E-state index in [1.54, 1.807) is 19.4 Å². The van der Waals surface area contributed by atoms with E-state index in [0.29, 0.717) is 12.4 Å². The molecule has 0 fully saturated rings. The molecule has 0 saturated heterocycles. The van der Waals surface area contributed by atoms with Crippen LogP contribution in [0.15, 0.2) is 24.5 Å². The summed E-state index contributed by atoms with van der Waals surface area (Å²) >= 11 is 0. The molecule has 2 N–H and O–H groups in total. The lowest BCUT2D eigenvalue weighted by molar-refractivity contribution is 0.624. The van der Waals surface area contributed by atoms with E-state index in [1.165, 1.54) is 4.80 Å². The summed E-state index contributed by atoms with van der Waals surface area (Å²) in [5.74, 6) is 0.632. The molecule has 2 heterocycles. The molecule has 78 valence electrons. The highest BCUT2D eigenvalue weighted by molar-refractivity contribution is 5.22. The number of rotatable bonds is 3. The monoisotopic (exact) mass is 204 g/mol. The largest absolute Gasteiger partial charge is 0.329 e. The highest BCUT2D eigenvalue weighted by Gasteiger charge is 2.17. The molecule has 0 aliphatic carbocycles. The first kappa shape index (κ1) is 9.72. The lowest BCUT2D eigenvalue weighted by Gasteiger charge is -2.09. The molecule has 2 rings (SSSR count). The van der Waals surface area contributed by atoms with Crippen LogP contribution in [0.5, 0.6) is 0 Å². The number of aromatic nitrogens is 5. The maximum atomic E-state index is 5.71. The van der Waals surface area contributed by atoms with Gasteiger partial charge in [0.25, 0.3) is 0 Å². The van der Waals surface area contributed by atoms with Gasteiger partial charge in [0.15, 0.2) is 5.82 Å². The topological polar surface area (TPSA) is 82.5 Å². The highest BCUT2D eigenvalue weighted by Crippen LogP contribution is 2.18. The van der Waals surface area contributed by atoms with Gasteiger partial charge in [0, 0.05) is 18.9 Å². The zero-order valence-corrected chi connectivity index (χ0v) is 8.41. The lowest BCUT2D eigenvalue weighted by Crippen LogP contribution is -2.15. The van der Waals surface area contributed by atoms with E-state index >= 15 is 0 Å². The minimum atomic E-state index is -0.0123. The highest BCUT2D eigenvalue weighted by atomic mass is 15.6. The van der Waals surface area contributed by atoms with E-state index < -0.39 is 0 Å². The van der Waals surface area contributed by atoms with Crippen molar-refractivity contribution in [2.24, 2.45) is 12.8 Å². The summed E-state index contributed by atoms with van der Waals surface area (Å²) in [5.41, 5.74) is 6.76. The number of tetrazole rings is 1. The third kappa shape index (κ3) is 1.99. The zero-order valence-electron chi connectivity index (χ0n) is 8.41. The molecule has 2 aromatic rings. The third-order valence-electron chi connectivity index (χ3n) is 2.18. The van der Waals surface area contributed by atoms with Crippen LogP contribution in [0.2, 0.25) is 0 Å². The van der Waals surface area contributed by atoms with E-state index in [2.05, 4.69) is 20.4 Å². The Balaban J connectivity index is 2.33. The SMILES string of the molecule is Cn1nnc(C(CN)c2ccncc2)n1. The first-order chi connectivity index (χ1) is 7.31. The summed E-state index contributed by atoms with van der Waals surface area (Å²) in [4.78, 5) is 5.39. The number of nitrogens with two attached hydrogens (primary N) is 1. The van der Waals surface area contributed by atoms with Crippen LogP contribution in [0.4, 0.5) is 0 Å². The maximum Gasteiger partial charge on any atom is 0.183 e. The number of nitrogens with zero attached hydrogens (tertiary/aromatic N) is 5. The van der Waals surface area contributed by atoms with Gasteiger partial charge in [0.2, 0.25) is 0 Å². The molecule has 0 aliphatic rings. The Kier molecular flexibility index (Phi) is 2.68. The first-order valence-corrected chi connectivity index (χ1v) is 4.65. The predicted octanol–water partition coefficient (Wildman–Crippen LogP) is -0.304. The normalized spacial score (nSPS) is 12.7. The van der Waals surface area contributed by atoms with Gasteiger partial charge >= 0.3 is 0 Å². The minimum absolute atomic E-state index is 0.0123. The molecule has 0 amide bonds. The molecule has 0 bridgehead atoms. The molecular formula is C9H12N6. The average Bonchev–Trinajstić information content (AvgIpc) is 2.68. The van der Waals surface area contributed by atoms with Gasteiger partial charge < -0.3 is 5.73 Å². The molecule has 1 atom stereocenters. The summed E-state index contributed by atoms with van der Waals surface area (Å²) in [6.45, 7) is 0.454. The van der Waals surface area contributed by atoms with Gasteiger partial charge in [-0.05, 0) is 22.9 Å². The van der Waals surface area contributed by atoms with Crippen LogP contribution in [0.1, 0.15) is 17.3 Å². The van der Waals surface area contributed by atoms with Crippen LogP contribution >= 0.6 is 0 Å². The van der Waals surface area contributed by atoms with Crippen molar-refractivity contribution in [2.45, 2.75) is 5.92 Å². The van der Waals surface area contributed by atoms with Gasteiger partial charge in [-0.1, -0.05) is 0 Å². The van der Waals surface area contributed by atoms with Crippen LogP contribution in [0, 0.1) is 0 Å². The van der Waals surface area contributed by atoms with Crippen molar-refractivity contribution in [3.05, 3.63) is 35.9 Å². The zero-order chi connectivity index (χ0) is 10.7. The van der Waals surface area contributed by atoms with Gasteiger partial charge in [-0.15, -0.1) is 10.2 Å². The minimum Gasteiger partial charge on any atom is -0.329 e. The second-order valence-electron chi connectivity index (χ2n) is 3.21. The number of aryl methyl sites for hydroxylation is 1. The molecule has 1 unspecified atom stereocenters. The Morgan fingerprint density at radius 1 is 1.40 bits per heavy atom. The Hall–Kier alpha value is -1.82. The van der Waals surface area contributed by atoms with Crippen molar-refractivity contribution >= 4 is 0 Å². The number of hydrogen-bond donors (Lipinski definition) is 1. The molecule has 0 radical (unpaired) electrons. The molecule has 6 heteroatoms. The van der Waals surface area contributed by atoms with Crippen molar-refractivity contribution in [1.29, 1.82) is 0 Å². The van der Waals surface area contributed by atoms with E-state index in [9.17, 15) is 0 Å². The average molecular weight is 204 g/mol. The summed E-state index contributed by atoms with van der Waals surface area (Å²) in [5, 5.41) is 11.9. The van der Waals surface area contributed by atoms with Crippen molar-refractivity contribution < 1.29 is 0 Å². The Bertz CT molecular complexity index is 423. The lowest BCUT2D eigenvalue weighted by atomic mass is 10.0. The second kappa shape index (κ2) is 4.14. The van der Waals surface area contributed by atoms with Crippen molar-refractivity contribution in [1.82, 2.24) is 25.2 Å². The van der Waals surface area contributed by atoms with Crippen molar-refractivity contribution in [3.8, 4) is 0 Å². The Labute approximate surface area is 87.1 Å². The molecule has 0 aromatic carbocycles. The molecule has 6 nitrogen and oxygen atoms in total. The van der Waals surface area contributed by atoms with Gasteiger partial charge in [0.05, 0.1) is 13.0 Å². The van der Waals surface area contributed by atoms with Gasteiger partial charge in [-0.25, -0.2) is 0 Å². The maximum absolute atomic E-state index is 5.71. The summed E-state index contributed by atoms with van der Waals surface area (Å²) in [6.07, 6.45) is 3.46. The third-order valence-corrected chi connectivity index (χ3v) is 2.18. The van der Waals surface area contributed by atoms with Gasteiger partial charge in [0.1, 0.15) is 0 Å². The Morgan fingerprint density at radius 3 is 2.67 bits per heavy atom. The van der Waals surface area contributed by atoms with Crippen molar-refractivity contribution in [2.75, 3.05) is 6.54 Å². The van der Waals surface area contributed by atoms with Crippen LogP contribution in [-0.2, 0) is 7.05 Å². The molecule has 0 saturated carbocycles. The van der Waals surface area contributed by atoms with E-state index in [0.717, 1.165) is 5.56 Å². The predicted molar refractivity (Wildman–Crippen MR) is 53.9 cm³/mol. The molecular weight excluding hydrogens is 192 g/mol. The van der Waals surface area contributed by atoms with E-state index in [1.807, 2.05) is 12.1 Å². The smallest absolute Gasteiger partial charge is 0.183 e. The summed E-state index contributed by atoms with van der Waals surface area (Å²) < 4.78 is 0. The van der Waals surface area contributed by atoms with E-state index in [-0.39, 0.29) is 5.92 Å². The van der Waals surface area contributed by atoms with Crippen LogP contribution < -0.4 is 5.73 Å². The summed E-state index contributed by atoms with van der Waals surface area (Å²) in [7, 11) is 1.73. The fourth-order valence-electron chi connectivity index (χ4n) is 1.42. The summed E-state index contributed by atoms with van der Waals surface area (Å²) in [6, 6.07) is 3.82. The molecule has 2 aromatic heterocycles. The van der Waals surface area contributed by atoms with Crippen LogP contribution in [0.25, 0.3) is 0 Å². The molecule has 0 aliphatic heterocycles. The second-order valence-corrected chi connectivity index (χ2v) is 3.21. The van der Waals surface area contributed by atoms with E-state index in [4.69, 9.17) is 5.73 Å². The van der Waals surface area contributed by atoms with Crippen LogP contribution in [-0.4, -0.2) is 31.7 Å². The Morgan fingerprint density at radius 2 is 2.13 bits per heavy atom. The standard InChI is InChI=1S/C9H12N6/c1-15-13-9(12-14-15)8(6-10)7-2-4-11-5-3-7/h2-5,8H,6,10H2,1H3. The fraction of sp³-hybridized carbons (Fsp3) is 0.333. The van der Waals surface area contributed by atoms with Crippen molar-refractivity contribution in [3.63, 3.8) is 0 Å². The molecule has 15 heavy (non-hydrogen) atoms. The van der Waals surface area contributed by atoms with Gasteiger partial charge in [-0.3, -0.25) is 4.98 Å². The fourth-order valence-corrected chi connectivity index (χ4v) is 1.42. The molecule has 0 spiro atoms. The van der Waals surface area contributed by atoms with Crippen LogP contribution in [0.3, 0.4) is 0 Å². The quantitative estimate of drug-likeness (QED) is 0.742.